The molecular formula is C12H16ClF3N4O. The lowest BCUT2D eigenvalue weighted by molar-refractivity contribution is -0.136. The van der Waals surface area contributed by atoms with Gasteiger partial charge < -0.3 is 10.1 Å². The van der Waals surface area contributed by atoms with Crippen molar-refractivity contribution in [1.29, 1.82) is 0 Å². The number of nitrogens with two attached hydrogens (primary N) is 1. The van der Waals surface area contributed by atoms with Crippen molar-refractivity contribution in [3.63, 3.8) is 0 Å². The zero-order chi connectivity index (χ0) is 15.9. The third-order valence-electron chi connectivity index (χ3n) is 2.48. The number of halogens is 4. The highest BCUT2D eigenvalue weighted by Crippen LogP contribution is 2.38. The number of hydrogen-bond acceptors (Lipinski definition) is 3. The minimum atomic E-state index is -4.54. The number of ether oxygens (including phenoxy) is 1. The van der Waals surface area contributed by atoms with Gasteiger partial charge in [-0.3, -0.25) is 10.4 Å². The maximum absolute atomic E-state index is 12.9. The Morgan fingerprint density at radius 2 is 2.14 bits per heavy atom. The highest BCUT2D eigenvalue weighted by atomic mass is 35.5. The van der Waals surface area contributed by atoms with E-state index in [9.17, 15) is 13.2 Å². The first-order valence-corrected chi connectivity index (χ1v) is 6.40. The molecule has 0 saturated carbocycles. The Morgan fingerprint density at radius 3 is 2.71 bits per heavy atom. The average molecular weight is 325 g/mol. The number of hydrogen-bond donors (Lipinski definition) is 3. The predicted octanol–water partition coefficient (Wildman–Crippen LogP) is 2.63. The number of hydrazine groups is 1. The fraction of sp³-hybridized carbons (Fsp3) is 0.417. The molecule has 0 aliphatic rings. The molecule has 1 aromatic rings. The van der Waals surface area contributed by atoms with Crippen LogP contribution in [0.3, 0.4) is 0 Å². The summed E-state index contributed by atoms with van der Waals surface area (Å²) in [6, 6.07) is 3.49. The van der Waals surface area contributed by atoms with E-state index in [4.69, 9.17) is 22.2 Å². The minimum absolute atomic E-state index is 0.00953. The number of aliphatic imine (C=N–C) groups is 1. The van der Waals surface area contributed by atoms with Gasteiger partial charge in [-0.05, 0) is 18.6 Å². The van der Waals surface area contributed by atoms with Crippen LogP contribution in [0.25, 0.3) is 0 Å². The lowest BCUT2D eigenvalue weighted by Crippen LogP contribution is -2.37. The Kier molecular flexibility index (Phi) is 6.73. The molecule has 4 N–H and O–H groups in total. The number of guanidine groups is 1. The summed E-state index contributed by atoms with van der Waals surface area (Å²) in [5.41, 5.74) is 1.02. The summed E-state index contributed by atoms with van der Waals surface area (Å²) in [6.45, 7) is 0.827. The highest BCUT2D eigenvalue weighted by molar-refractivity contribution is 6.34. The fourth-order valence-electron chi connectivity index (χ4n) is 1.53. The first kappa shape index (κ1) is 17.5. The number of para-hydroxylation sites is 1. The van der Waals surface area contributed by atoms with Crippen LogP contribution in [0.5, 0.6) is 0 Å². The van der Waals surface area contributed by atoms with Crippen molar-refractivity contribution >= 4 is 23.2 Å². The van der Waals surface area contributed by atoms with Crippen molar-refractivity contribution in [1.82, 2.24) is 5.43 Å². The Balaban J connectivity index is 2.94. The zero-order valence-corrected chi connectivity index (χ0v) is 12.1. The van der Waals surface area contributed by atoms with E-state index in [2.05, 4.69) is 15.7 Å². The molecule has 0 saturated heterocycles. The second-order valence-corrected chi connectivity index (χ2v) is 4.41. The van der Waals surface area contributed by atoms with E-state index >= 15 is 0 Å². The second kappa shape index (κ2) is 8.06. The number of nitrogens with zero attached hydrogens (tertiary/aromatic N) is 1. The maximum atomic E-state index is 12.9. The third-order valence-corrected chi connectivity index (χ3v) is 2.79. The van der Waals surface area contributed by atoms with Crippen molar-refractivity contribution < 1.29 is 17.9 Å². The van der Waals surface area contributed by atoms with E-state index in [0.717, 1.165) is 6.07 Å². The number of rotatable bonds is 5. The summed E-state index contributed by atoms with van der Waals surface area (Å²) in [4.78, 5) is 4.00. The highest BCUT2D eigenvalue weighted by Gasteiger charge is 2.34. The number of nitrogens with one attached hydrogen (secondary N) is 2. The minimum Gasteiger partial charge on any atom is -0.385 e. The van der Waals surface area contributed by atoms with E-state index in [1.54, 1.807) is 7.11 Å². The van der Waals surface area contributed by atoms with Crippen LogP contribution in [-0.4, -0.2) is 26.2 Å². The first-order valence-electron chi connectivity index (χ1n) is 6.03. The summed E-state index contributed by atoms with van der Waals surface area (Å²) in [6.07, 6.45) is -3.93. The van der Waals surface area contributed by atoms with Gasteiger partial charge in [0.2, 0.25) is 5.96 Å². The molecule has 9 heteroatoms. The van der Waals surface area contributed by atoms with Gasteiger partial charge in [0.05, 0.1) is 16.3 Å². The normalized spacial score (nSPS) is 12.4. The van der Waals surface area contributed by atoms with Crippen molar-refractivity contribution in [2.45, 2.75) is 12.6 Å². The van der Waals surface area contributed by atoms with E-state index in [-0.39, 0.29) is 16.7 Å². The Hall–Kier alpha value is -1.51. The topological polar surface area (TPSA) is 71.7 Å². The molecule has 0 aliphatic carbocycles. The van der Waals surface area contributed by atoms with Crippen LogP contribution in [0.2, 0.25) is 5.02 Å². The number of alkyl halides is 3. The number of methoxy groups -OCH3 is 1. The molecule has 0 aliphatic heterocycles. The summed E-state index contributed by atoms with van der Waals surface area (Å²) in [7, 11) is 1.55. The molecule has 0 fully saturated rings. The molecule has 0 atom stereocenters. The number of anilines is 1. The van der Waals surface area contributed by atoms with Gasteiger partial charge in [-0.25, -0.2) is 5.84 Å². The molecule has 0 unspecified atom stereocenters. The van der Waals surface area contributed by atoms with Crippen LogP contribution in [0.15, 0.2) is 23.2 Å². The van der Waals surface area contributed by atoms with Gasteiger partial charge in [-0.2, -0.15) is 13.2 Å². The Labute approximate surface area is 125 Å². The van der Waals surface area contributed by atoms with Crippen molar-refractivity contribution in [3.05, 3.63) is 28.8 Å². The van der Waals surface area contributed by atoms with Crippen LogP contribution in [0.1, 0.15) is 12.0 Å². The molecule has 0 heterocycles. The smallest absolute Gasteiger partial charge is 0.385 e. The molecule has 0 radical (unpaired) electrons. The van der Waals surface area contributed by atoms with Crippen LogP contribution >= 0.6 is 11.6 Å². The monoisotopic (exact) mass is 324 g/mol. The van der Waals surface area contributed by atoms with Crippen molar-refractivity contribution in [2.75, 3.05) is 25.6 Å². The van der Waals surface area contributed by atoms with Crippen molar-refractivity contribution in [3.8, 4) is 0 Å². The summed E-state index contributed by atoms with van der Waals surface area (Å²) in [5, 5.41) is 2.39. The molecule has 5 nitrogen and oxygen atoms in total. The predicted molar refractivity (Wildman–Crippen MR) is 76.2 cm³/mol. The quantitative estimate of drug-likeness (QED) is 0.256. The Morgan fingerprint density at radius 1 is 1.43 bits per heavy atom. The van der Waals surface area contributed by atoms with E-state index in [0.29, 0.717) is 19.6 Å². The van der Waals surface area contributed by atoms with Gasteiger partial charge in [0.15, 0.2) is 0 Å². The molecule has 21 heavy (non-hydrogen) atoms. The number of benzene rings is 1. The standard InChI is InChI=1S/C12H16ClF3N4O/c1-21-7-3-6-18-11(20-17)19-10-8(12(14,15)16)4-2-5-9(10)13/h2,4-5H,3,6-7,17H2,1H3,(H2,18,19,20). The van der Waals surface area contributed by atoms with E-state index < -0.39 is 11.7 Å². The van der Waals surface area contributed by atoms with Crippen LogP contribution in [0.4, 0.5) is 18.9 Å². The van der Waals surface area contributed by atoms with E-state index in [1.807, 2.05) is 0 Å². The molecule has 118 valence electrons. The fourth-order valence-corrected chi connectivity index (χ4v) is 1.75. The van der Waals surface area contributed by atoms with Gasteiger partial charge in [-0.1, -0.05) is 17.7 Å². The average Bonchev–Trinajstić information content (AvgIpc) is 2.42. The molecule has 1 aromatic carbocycles. The molecule has 0 aromatic heterocycles. The Bertz CT molecular complexity index is 494. The van der Waals surface area contributed by atoms with Gasteiger partial charge in [0, 0.05) is 20.3 Å². The van der Waals surface area contributed by atoms with Crippen molar-refractivity contribution in [2.24, 2.45) is 10.8 Å². The van der Waals surface area contributed by atoms with Gasteiger partial charge >= 0.3 is 6.18 Å². The molecule has 0 amide bonds. The zero-order valence-electron chi connectivity index (χ0n) is 11.3. The lowest BCUT2D eigenvalue weighted by Gasteiger charge is -2.16. The molecule has 0 spiro atoms. The third kappa shape index (κ3) is 5.41. The summed E-state index contributed by atoms with van der Waals surface area (Å²) >= 11 is 5.81. The second-order valence-electron chi connectivity index (χ2n) is 4.01. The summed E-state index contributed by atoms with van der Waals surface area (Å²) < 4.78 is 43.6. The van der Waals surface area contributed by atoms with E-state index in [1.165, 1.54) is 12.1 Å². The lowest BCUT2D eigenvalue weighted by atomic mass is 10.1. The van der Waals surface area contributed by atoms with Crippen LogP contribution in [0, 0.1) is 0 Å². The largest absolute Gasteiger partial charge is 0.418 e. The SMILES string of the molecule is COCCCN=C(NN)Nc1c(Cl)cccc1C(F)(F)F. The molecule has 1 rings (SSSR count). The summed E-state index contributed by atoms with van der Waals surface area (Å²) in [5.74, 6) is 5.24. The van der Waals surface area contributed by atoms with Crippen LogP contribution < -0.4 is 16.6 Å². The van der Waals surface area contributed by atoms with Gasteiger partial charge in [-0.15, -0.1) is 0 Å². The van der Waals surface area contributed by atoms with Gasteiger partial charge in [0.1, 0.15) is 0 Å². The maximum Gasteiger partial charge on any atom is 0.418 e. The molecular weight excluding hydrogens is 309 g/mol. The first-order chi connectivity index (χ1) is 9.90. The van der Waals surface area contributed by atoms with Gasteiger partial charge in [0.25, 0.3) is 0 Å². The molecule has 0 bridgehead atoms. The van der Waals surface area contributed by atoms with Crippen LogP contribution in [-0.2, 0) is 10.9 Å².